The fourth-order valence-electron chi connectivity index (χ4n) is 3.76. The van der Waals surface area contributed by atoms with Crippen LogP contribution in [0.1, 0.15) is 25.0 Å². The van der Waals surface area contributed by atoms with Gasteiger partial charge in [0.25, 0.3) is 0 Å². The number of hydrogen-bond donors (Lipinski definition) is 2. The van der Waals surface area contributed by atoms with Crippen LogP contribution in [0.4, 0.5) is 5.95 Å². The molecule has 1 fully saturated rings. The average molecular weight is 377 g/mol. The Bertz CT molecular complexity index is 1190. The Labute approximate surface area is 159 Å². The van der Waals surface area contributed by atoms with Crippen molar-refractivity contribution in [1.82, 2.24) is 34.3 Å². The highest BCUT2D eigenvalue weighted by Gasteiger charge is 2.28. The first-order valence-electron chi connectivity index (χ1n) is 9.17. The maximum Gasteiger partial charge on any atom is 0.225 e. The van der Waals surface area contributed by atoms with Crippen molar-refractivity contribution in [3.63, 3.8) is 0 Å². The molecular weight excluding hydrogens is 358 g/mol. The molecule has 10 heteroatoms. The van der Waals surface area contributed by atoms with Gasteiger partial charge < -0.3 is 15.5 Å². The highest BCUT2D eigenvalue weighted by Crippen LogP contribution is 2.27. The molecule has 142 valence electrons. The first-order valence-corrected chi connectivity index (χ1v) is 9.17. The van der Waals surface area contributed by atoms with Crippen molar-refractivity contribution >= 4 is 28.7 Å². The van der Waals surface area contributed by atoms with Gasteiger partial charge in [-0.1, -0.05) is 5.21 Å². The second-order valence-corrected chi connectivity index (χ2v) is 7.19. The van der Waals surface area contributed by atoms with E-state index in [1.54, 1.807) is 10.9 Å². The van der Waals surface area contributed by atoms with Gasteiger partial charge in [0.15, 0.2) is 11.2 Å². The first-order chi connectivity index (χ1) is 13.6. The lowest BCUT2D eigenvalue weighted by Crippen LogP contribution is -2.23. The van der Waals surface area contributed by atoms with E-state index in [0.717, 1.165) is 29.9 Å². The minimum atomic E-state index is -0.243. The number of carbonyl (C=O) groups is 1. The number of anilines is 1. The van der Waals surface area contributed by atoms with Gasteiger partial charge in [0.2, 0.25) is 11.9 Å². The summed E-state index contributed by atoms with van der Waals surface area (Å²) >= 11 is 0. The van der Waals surface area contributed by atoms with E-state index in [0.29, 0.717) is 23.5 Å². The van der Waals surface area contributed by atoms with E-state index >= 15 is 0 Å². The van der Waals surface area contributed by atoms with E-state index in [4.69, 9.17) is 5.73 Å². The molecule has 4 heterocycles. The van der Waals surface area contributed by atoms with Crippen LogP contribution in [0.25, 0.3) is 22.5 Å². The second-order valence-electron chi connectivity index (χ2n) is 7.19. The van der Waals surface area contributed by atoms with Gasteiger partial charge in [0, 0.05) is 24.4 Å². The van der Waals surface area contributed by atoms with Crippen molar-refractivity contribution in [1.29, 1.82) is 0 Å². The fourth-order valence-corrected chi connectivity index (χ4v) is 3.76. The standard InChI is InChI=1S/C18H19N9O/c1-10-8-26-9-13(4-5-15(26)21-10)27-17-14(24-25-27)7-20-18(23-17)22-12-3-2-11(6-12)16(19)28/h4-5,7-9,11-12H,2-3,6H2,1H3,(H2,19,28)(H,20,22,23). The molecule has 0 radical (unpaired) electrons. The van der Waals surface area contributed by atoms with E-state index in [-0.39, 0.29) is 17.9 Å². The zero-order valence-electron chi connectivity index (χ0n) is 15.3. The molecule has 2 atom stereocenters. The third kappa shape index (κ3) is 2.82. The number of nitrogens with two attached hydrogens (primary N) is 1. The number of nitrogens with zero attached hydrogens (tertiary/aromatic N) is 7. The maximum absolute atomic E-state index is 11.4. The van der Waals surface area contributed by atoms with Crippen molar-refractivity contribution in [2.75, 3.05) is 5.32 Å². The van der Waals surface area contributed by atoms with Crippen LogP contribution < -0.4 is 11.1 Å². The molecule has 3 N–H and O–H groups in total. The van der Waals surface area contributed by atoms with Gasteiger partial charge in [-0.3, -0.25) is 4.79 Å². The van der Waals surface area contributed by atoms with E-state index in [1.165, 1.54) is 0 Å². The van der Waals surface area contributed by atoms with Crippen molar-refractivity contribution in [2.45, 2.75) is 32.2 Å². The van der Waals surface area contributed by atoms with Gasteiger partial charge in [-0.2, -0.15) is 9.67 Å². The average Bonchev–Trinajstić information content (AvgIpc) is 3.38. The maximum atomic E-state index is 11.4. The highest BCUT2D eigenvalue weighted by molar-refractivity contribution is 5.77. The van der Waals surface area contributed by atoms with Crippen LogP contribution in [0.15, 0.2) is 30.7 Å². The minimum absolute atomic E-state index is 0.0845. The Morgan fingerprint density at radius 2 is 2.14 bits per heavy atom. The summed E-state index contributed by atoms with van der Waals surface area (Å²) in [5.74, 6) is 0.164. The Morgan fingerprint density at radius 1 is 1.25 bits per heavy atom. The van der Waals surface area contributed by atoms with E-state index in [9.17, 15) is 4.79 Å². The SMILES string of the molecule is Cc1cn2cc(-n3nnc4cnc(NC5CCC(C(N)=O)C5)nc43)ccc2n1. The van der Waals surface area contributed by atoms with Gasteiger partial charge in [-0.05, 0) is 38.3 Å². The molecule has 1 amide bonds. The molecule has 2 unspecified atom stereocenters. The lowest BCUT2D eigenvalue weighted by molar-refractivity contribution is -0.121. The van der Waals surface area contributed by atoms with Crippen LogP contribution in [0, 0.1) is 12.8 Å². The number of amides is 1. The lowest BCUT2D eigenvalue weighted by Gasteiger charge is -2.12. The number of fused-ring (bicyclic) bond motifs is 2. The van der Waals surface area contributed by atoms with Crippen LogP contribution in [0.2, 0.25) is 0 Å². The quantitative estimate of drug-likeness (QED) is 0.547. The van der Waals surface area contributed by atoms with Crippen molar-refractivity contribution in [2.24, 2.45) is 11.7 Å². The molecule has 4 aromatic rings. The predicted octanol–water partition coefficient (Wildman–Crippen LogP) is 1.23. The summed E-state index contributed by atoms with van der Waals surface area (Å²) in [5, 5.41) is 11.7. The van der Waals surface area contributed by atoms with Gasteiger partial charge in [-0.25, -0.2) is 9.97 Å². The number of hydrogen-bond acceptors (Lipinski definition) is 7. The Kier molecular flexibility index (Phi) is 3.71. The molecule has 10 nitrogen and oxygen atoms in total. The molecule has 0 aliphatic heterocycles. The summed E-state index contributed by atoms with van der Waals surface area (Å²) < 4.78 is 3.62. The van der Waals surface area contributed by atoms with Crippen molar-refractivity contribution in [3.05, 3.63) is 36.4 Å². The second kappa shape index (κ2) is 6.25. The number of nitrogens with one attached hydrogen (secondary N) is 1. The summed E-state index contributed by atoms with van der Waals surface area (Å²) in [5.41, 5.74) is 9.27. The molecule has 4 aromatic heterocycles. The Balaban J connectivity index is 1.47. The Hall–Kier alpha value is -3.56. The van der Waals surface area contributed by atoms with Crippen LogP contribution >= 0.6 is 0 Å². The number of aryl methyl sites for hydroxylation is 1. The summed E-state index contributed by atoms with van der Waals surface area (Å²) in [4.78, 5) is 24.7. The zero-order chi connectivity index (χ0) is 19.3. The summed E-state index contributed by atoms with van der Waals surface area (Å²) in [6.07, 6.45) is 7.89. The Morgan fingerprint density at radius 3 is 2.96 bits per heavy atom. The molecule has 1 saturated carbocycles. The van der Waals surface area contributed by atoms with Crippen molar-refractivity contribution in [3.8, 4) is 5.69 Å². The van der Waals surface area contributed by atoms with Crippen LogP contribution in [0.3, 0.4) is 0 Å². The van der Waals surface area contributed by atoms with E-state index < -0.39 is 0 Å². The normalized spacial score (nSPS) is 19.5. The molecule has 0 saturated heterocycles. The molecule has 28 heavy (non-hydrogen) atoms. The van der Waals surface area contributed by atoms with Gasteiger partial charge in [0.1, 0.15) is 5.65 Å². The van der Waals surface area contributed by atoms with Crippen LogP contribution in [-0.2, 0) is 4.79 Å². The molecular formula is C18H19N9O. The third-order valence-corrected chi connectivity index (χ3v) is 5.16. The van der Waals surface area contributed by atoms with Gasteiger partial charge in [0.05, 0.1) is 17.6 Å². The minimum Gasteiger partial charge on any atom is -0.369 e. The largest absolute Gasteiger partial charge is 0.369 e. The van der Waals surface area contributed by atoms with Crippen molar-refractivity contribution < 1.29 is 4.79 Å². The number of carbonyl (C=O) groups excluding carboxylic acids is 1. The van der Waals surface area contributed by atoms with Gasteiger partial charge in [-0.15, -0.1) is 5.10 Å². The third-order valence-electron chi connectivity index (χ3n) is 5.16. The summed E-state index contributed by atoms with van der Waals surface area (Å²) in [6.45, 7) is 1.95. The fraction of sp³-hybridized carbons (Fsp3) is 0.333. The molecule has 1 aliphatic rings. The molecule has 0 bridgehead atoms. The summed E-state index contributed by atoms with van der Waals surface area (Å²) in [6, 6.07) is 3.99. The van der Waals surface area contributed by atoms with Gasteiger partial charge >= 0.3 is 0 Å². The number of pyridine rings is 1. The van der Waals surface area contributed by atoms with Crippen LogP contribution in [-0.4, -0.2) is 46.3 Å². The predicted molar refractivity (Wildman–Crippen MR) is 102 cm³/mol. The van der Waals surface area contributed by atoms with E-state index in [1.807, 2.05) is 35.9 Å². The number of primary amides is 1. The smallest absolute Gasteiger partial charge is 0.225 e. The van der Waals surface area contributed by atoms with Crippen LogP contribution in [0.5, 0.6) is 0 Å². The molecule has 5 rings (SSSR count). The monoisotopic (exact) mass is 377 g/mol. The lowest BCUT2D eigenvalue weighted by atomic mass is 10.1. The topological polar surface area (TPSA) is 129 Å². The molecule has 0 spiro atoms. The zero-order valence-corrected chi connectivity index (χ0v) is 15.3. The first kappa shape index (κ1) is 16.6. The molecule has 0 aromatic carbocycles. The number of rotatable bonds is 4. The van der Waals surface area contributed by atoms with E-state index in [2.05, 4.69) is 30.6 Å². The number of imidazole rings is 1. The highest BCUT2D eigenvalue weighted by atomic mass is 16.1. The molecule has 1 aliphatic carbocycles. The summed E-state index contributed by atoms with van der Waals surface area (Å²) in [7, 11) is 0. The number of aromatic nitrogens is 7.